The Labute approximate surface area is 163 Å². The molecule has 0 aromatic rings. The largest absolute Gasteiger partial charge is 0.481 e. The Morgan fingerprint density at radius 2 is 1.33 bits per heavy atom. The first-order chi connectivity index (χ1) is 11.3. The second-order valence-electron chi connectivity index (χ2n) is 6.16. The van der Waals surface area contributed by atoms with Crippen molar-refractivity contribution in [3.8, 4) is 0 Å². The van der Waals surface area contributed by atoms with Crippen LogP contribution in [-0.4, -0.2) is 59.2 Å². The van der Waals surface area contributed by atoms with Gasteiger partial charge in [0.2, 0.25) is 0 Å². The van der Waals surface area contributed by atoms with Crippen LogP contribution in [0.2, 0.25) is 0 Å². The molecule has 0 aliphatic rings. The van der Waals surface area contributed by atoms with Gasteiger partial charge in [-0.25, -0.2) is 0 Å². The fourth-order valence-corrected chi connectivity index (χ4v) is 2.44. The standard InChI is InChI=1S/C12H23O.C5H9NO4.Na/c1-2-3-4-5-6-7-8-9-10-11-12-13;6-3(5(9)10)1-2-4(7)8;/h2-11H2,1H3;3H,1-2,6H2,(H,7,8)(H,9,10);. The summed E-state index contributed by atoms with van der Waals surface area (Å²) in [5.74, 6) is -2.20. The van der Waals surface area contributed by atoms with E-state index >= 15 is 0 Å². The summed E-state index contributed by atoms with van der Waals surface area (Å²) < 4.78 is 0.480. The van der Waals surface area contributed by atoms with Crippen LogP contribution in [0.15, 0.2) is 0 Å². The van der Waals surface area contributed by atoms with E-state index < -0.39 is 18.0 Å². The van der Waals surface area contributed by atoms with E-state index in [0.29, 0.717) is 3.03 Å². The van der Waals surface area contributed by atoms with E-state index in [1.54, 1.807) is 0 Å². The van der Waals surface area contributed by atoms with E-state index in [0.717, 1.165) is 40.8 Å². The molecule has 0 aliphatic heterocycles. The smallest absolute Gasteiger partial charge is 0.320 e. The predicted molar refractivity (Wildman–Crippen MR) is 95.1 cm³/mol. The van der Waals surface area contributed by atoms with Gasteiger partial charge in [0, 0.05) is 6.42 Å². The van der Waals surface area contributed by atoms with Gasteiger partial charge in [-0.1, -0.05) is 0 Å². The molecule has 4 N–H and O–H groups in total. The number of rotatable bonds is 14. The first-order valence-corrected chi connectivity index (χ1v) is 10.0. The molecule has 136 valence electrons. The molecule has 7 heteroatoms. The van der Waals surface area contributed by atoms with Gasteiger partial charge in [-0.3, -0.25) is 9.59 Å². The molecule has 0 saturated carbocycles. The van der Waals surface area contributed by atoms with Crippen LogP contribution >= 0.6 is 0 Å². The second-order valence-corrected chi connectivity index (χ2v) is 7.27. The SMILES string of the molecule is CCCCCCCCCCC[C](=O)[Na].NC(CCC(=O)O)C(=O)O. The second kappa shape index (κ2) is 18.9. The maximum atomic E-state index is 10.7. The van der Waals surface area contributed by atoms with Gasteiger partial charge in [0.15, 0.2) is 0 Å². The molecular weight excluding hydrogens is 321 g/mol. The summed E-state index contributed by atoms with van der Waals surface area (Å²) in [6.45, 7) is 2.26. The number of hydrogen-bond donors (Lipinski definition) is 3. The van der Waals surface area contributed by atoms with Crippen molar-refractivity contribution in [2.24, 2.45) is 5.73 Å². The molecule has 0 saturated heterocycles. The first kappa shape index (κ1) is 25.8. The Hall–Kier alpha value is -0.430. The molecule has 0 rings (SSSR count). The predicted octanol–water partition coefficient (Wildman–Crippen LogP) is 2.87. The van der Waals surface area contributed by atoms with Crippen molar-refractivity contribution in [1.82, 2.24) is 0 Å². The minimum Gasteiger partial charge on any atom is -0.481 e. The number of carbonyl (C=O) groups is 3. The zero-order valence-corrected chi connectivity index (χ0v) is 17.3. The van der Waals surface area contributed by atoms with Crippen LogP contribution < -0.4 is 5.73 Å². The minimum atomic E-state index is -1.17. The molecule has 0 aliphatic carbocycles. The third-order valence-corrected chi connectivity index (χ3v) is 4.12. The Balaban J connectivity index is 0. The fourth-order valence-electron chi connectivity index (χ4n) is 2.09. The Kier molecular flexibility index (Phi) is 20.3. The Morgan fingerprint density at radius 1 is 0.875 bits per heavy atom. The molecule has 0 heterocycles. The summed E-state index contributed by atoms with van der Waals surface area (Å²) in [5.41, 5.74) is 5.00. The van der Waals surface area contributed by atoms with Gasteiger partial charge in [-0.15, -0.1) is 0 Å². The van der Waals surface area contributed by atoms with Crippen molar-refractivity contribution < 1.29 is 24.6 Å². The van der Waals surface area contributed by atoms with Crippen molar-refractivity contribution in [2.45, 2.75) is 90.0 Å². The van der Waals surface area contributed by atoms with Gasteiger partial charge in [-0.2, -0.15) is 0 Å². The van der Waals surface area contributed by atoms with E-state index in [2.05, 4.69) is 6.92 Å². The average Bonchev–Trinajstić information content (AvgIpc) is 2.51. The molecule has 1 atom stereocenters. The van der Waals surface area contributed by atoms with Crippen LogP contribution in [0, 0.1) is 0 Å². The maximum absolute atomic E-state index is 10.7. The maximum Gasteiger partial charge on any atom is 0.320 e. The van der Waals surface area contributed by atoms with Crippen LogP contribution in [0.25, 0.3) is 0 Å². The normalized spacial score (nSPS) is 11.3. The van der Waals surface area contributed by atoms with E-state index in [1.807, 2.05) is 0 Å². The third-order valence-electron chi connectivity index (χ3n) is 3.62. The fraction of sp³-hybridized carbons (Fsp3) is 0.824. The van der Waals surface area contributed by atoms with Gasteiger partial charge >= 0.3 is 119 Å². The van der Waals surface area contributed by atoms with Crippen molar-refractivity contribution in [1.29, 1.82) is 0 Å². The van der Waals surface area contributed by atoms with Gasteiger partial charge in [0.05, 0.1) is 0 Å². The molecule has 0 aromatic heterocycles. The monoisotopic (exact) mass is 353 g/mol. The third kappa shape index (κ3) is 23.8. The van der Waals surface area contributed by atoms with E-state index in [4.69, 9.17) is 15.9 Å². The molecular formula is C17H32NNaO5. The summed E-state index contributed by atoms with van der Waals surface area (Å²) in [6, 6.07) is -1.06. The molecule has 0 aromatic carbocycles. The summed E-state index contributed by atoms with van der Waals surface area (Å²) >= 11 is 0.751. The molecule has 0 bridgehead atoms. The zero-order chi connectivity index (χ0) is 18.8. The van der Waals surface area contributed by atoms with Gasteiger partial charge in [0.1, 0.15) is 6.04 Å². The number of aliphatic carboxylic acids is 2. The van der Waals surface area contributed by atoms with Crippen molar-refractivity contribution in [3.05, 3.63) is 0 Å². The zero-order valence-electron chi connectivity index (χ0n) is 15.3. The van der Waals surface area contributed by atoms with Crippen LogP contribution in [0.1, 0.15) is 84.0 Å². The number of nitrogens with two attached hydrogens (primary N) is 1. The summed E-state index contributed by atoms with van der Waals surface area (Å²) in [7, 11) is 0. The first-order valence-electron chi connectivity index (χ1n) is 9.00. The summed E-state index contributed by atoms with van der Waals surface area (Å²) in [4.78, 5) is 30.6. The van der Waals surface area contributed by atoms with Gasteiger partial charge in [-0.05, 0) is 6.42 Å². The van der Waals surface area contributed by atoms with E-state index in [9.17, 15) is 14.4 Å². The van der Waals surface area contributed by atoms with Crippen LogP contribution in [-0.2, 0) is 14.4 Å². The van der Waals surface area contributed by atoms with E-state index in [-0.39, 0.29) is 12.8 Å². The molecule has 0 fully saturated rings. The molecule has 0 spiro atoms. The van der Waals surface area contributed by atoms with Crippen LogP contribution in [0.4, 0.5) is 0 Å². The molecule has 0 amide bonds. The Bertz CT molecular complexity index is 350. The van der Waals surface area contributed by atoms with Gasteiger partial charge in [0.25, 0.3) is 0 Å². The number of carbonyl (C=O) groups excluding carboxylic acids is 1. The van der Waals surface area contributed by atoms with E-state index in [1.165, 1.54) is 51.4 Å². The minimum absolute atomic E-state index is 0.0231. The van der Waals surface area contributed by atoms with Crippen molar-refractivity contribution in [2.75, 3.05) is 0 Å². The molecule has 6 nitrogen and oxygen atoms in total. The molecule has 24 heavy (non-hydrogen) atoms. The van der Waals surface area contributed by atoms with Crippen molar-refractivity contribution in [3.63, 3.8) is 0 Å². The summed E-state index contributed by atoms with van der Waals surface area (Å²) in [5, 5.41) is 16.3. The summed E-state index contributed by atoms with van der Waals surface area (Å²) in [6.07, 6.45) is 12.7. The Morgan fingerprint density at radius 3 is 1.71 bits per heavy atom. The quantitative estimate of drug-likeness (QED) is 0.326. The van der Waals surface area contributed by atoms with Crippen LogP contribution in [0.3, 0.4) is 0 Å². The number of carboxylic acids is 2. The number of carboxylic acid groups (broad SMARTS) is 2. The molecule has 0 radical (unpaired) electrons. The number of unbranched alkanes of at least 4 members (excludes halogenated alkanes) is 8. The van der Waals surface area contributed by atoms with Crippen molar-refractivity contribution >= 4 is 42.9 Å². The number of hydrogen-bond acceptors (Lipinski definition) is 4. The topological polar surface area (TPSA) is 118 Å². The average molecular weight is 353 g/mol. The van der Waals surface area contributed by atoms with Gasteiger partial charge < -0.3 is 15.9 Å². The van der Waals surface area contributed by atoms with Crippen LogP contribution in [0.5, 0.6) is 0 Å². The molecule has 1 unspecified atom stereocenters.